The van der Waals surface area contributed by atoms with E-state index >= 15 is 4.39 Å². The Balaban J connectivity index is 1.37. The largest absolute Gasteiger partial charge is 0.464 e. The number of carbonyl (C=O) groups is 3. The highest BCUT2D eigenvalue weighted by Crippen LogP contribution is 2.42. The number of aryl methyl sites for hydroxylation is 1. The van der Waals surface area contributed by atoms with Crippen molar-refractivity contribution in [3.63, 3.8) is 0 Å². The van der Waals surface area contributed by atoms with Crippen LogP contribution in [0.4, 0.5) is 4.39 Å². The first-order chi connectivity index (χ1) is 25.2. The van der Waals surface area contributed by atoms with Gasteiger partial charge < -0.3 is 19.4 Å². The zero-order chi connectivity index (χ0) is 37.7. The number of halogens is 1. The molecule has 11 nitrogen and oxygen atoms in total. The topological polar surface area (TPSA) is 128 Å². The predicted octanol–water partition coefficient (Wildman–Crippen LogP) is 5.37. The number of nitrogens with one attached hydrogen (secondary N) is 2. The van der Waals surface area contributed by atoms with E-state index in [1.54, 1.807) is 13.3 Å². The molecule has 3 aromatic heterocycles. The lowest BCUT2D eigenvalue weighted by molar-refractivity contribution is -0.156. The summed E-state index contributed by atoms with van der Waals surface area (Å²) in [5.74, 6) is -1.69. The predicted molar refractivity (Wildman–Crippen MR) is 202 cm³/mol. The van der Waals surface area contributed by atoms with Crippen molar-refractivity contribution in [3.8, 4) is 22.5 Å². The van der Waals surface area contributed by atoms with Crippen LogP contribution in [0.1, 0.15) is 76.1 Å². The summed E-state index contributed by atoms with van der Waals surface area (Å²) in [6, 6.07) is 8.46. The highest BCUT2D eigenvalue weighted by atomic mass is 32.1. The minimum absolute atomic E-state index is 0.0745. The molecule has 0 unspecified atom stereocenters. The molecular formula is C39H46FN6O5SSi. The molecule has 3 atom stereocenters. The molecule has 4 aromatic rings. The Morgan fingerprint density at radius 3 is 2.75 bits per heavy atom. The molecule has 2 aliphatic heterocycles. The molecule has 1 aromatic carbocycles. The molecule has 53 heavy (non-hydrogen) atoms. The highest BCUT2D eigenvalue weighted by molar-refractivity contribution is 7.10. The fourth-order valence-corrected chi connectivity index (χ4v) is 8.64. The quantitative estimate of drug-likeness (QED) is 0.199. The number of benzene rings is 1. The van der Waals surface area contributed by atoms with Crippen LogP contribution in [0.25, 0.3) is 33.4 Å². The molecule has 1 saturated heterocycles. The van der Waals surface area contributed by atoms with Crippen molar-refractivity contribution in [1.82, 2.24) is 30.3 Å². The zero-order valence-corrected chi connectivity index (χ0v) is 32.7. The van der Waals surface area contributed by atoms with E-state index in [0.717, 1.165) is 44.7 Å². The molecular weight excluding hydrogens is 712 g/mol. The van der Waals surface area contributed by atoms with Gasteiger partial charge in [0.2, 0.25) is 0 Å². The van der Waals surface area contributed by atoms with Crippen LogP contribution in [0.5, 0.6) is 0 Å². The van der Waals surface area contributed by atoms with Gasteiger partial charge in [0, 0.05) is 65.6 Å². The maximum atomic E-state index is 15.2. The highest BCUT2D eigenvalue weighted by Gasteiger charge is 2.46. The lowest BCUT2D eigenvalue weighted by Gasteiger charge is -2.37. The number of amides is 2. The fraction of sp³-hybridized carbons (Fsp3) is 0.513. The molecule has 0 spiro atoms. The minimum Gasteiger partial charge on any atom is -0.464 e. The van der Waals surface area contributed by atoms with Gasteiger partial charge >= 0.3 is 5.97 Å². The number of hydrogen-bond acceptors (Lipinski definition) is 9. The summed E-state index contributed by atoms with van der Waals surface area (Å²) in [6.07, 6.45) is 4.32. The number of hydrazine groups is 1. The number of pyridine rings is 1. The van der Waals surface area contributed by atoms with Crippen LogP contribution in [-0.2, 0) is 48.5 Å². The van der Waals surface area contributed by atoms with E-state index in [1.807, 2.05) is 24.4 Å². The van der Waals surface area contributed by atoms with E-state index in [2.05, 4.69) is 64.5 Å². The number of methoxy groups -OCH3 is 1. The second-order valence-corrected chi connectivity index (χ2v) is 17.3. The summed E-state index contributed by atoms with van der Waals surface area (Å²) in [4.78, 5) is 50.5. The Morgan fingerprint density at radius 2 is 2.04 bits per heavy atom. The van der Waals surface area contributed by atoms with Gasteiger partial charge in [0.1, 0.15) is 12.1 Å². The average Bonchev–Trinajstić information content (AvgIpc) is 3.73. The number of nitrogens with zero attached hydrogens (tertiary/aromatic N) is 4. The van der Waals surface area contributed by atoms with Crippen molar-refractivity contribution in [1.29, 1.82) is 0 Å². The maximum absolute atomic E-state index is 15.2. The molecule has 14 heteroatoms. The van der Waals surface area contributed by atoms with Gasteiger partial charge in [-0.15, -0.1) is 11.3 Å². The molecule has 3 aliphatic rings. The summed E-state index contributed by atoms with van der Waals surface area (Å²) in [7, 11) is 5.47. The second kappa shape index (κ2) is 14.3. The number of fused-ring (bicyclic) bond motifs is 6. The van der Waals surface area contributed by atoms with Gasteiger partial charge in [-0.2, -0.15) is 0 Å². The number of esters is 1. The zero-order valence-electron chi connectivity index (χ0n) is 30.9. The number of thiazole rings is 1. The van der Waals surface area contributed by atoms with Gasteiger partial charge in [-0.25, -0.2) is 14.8 Å². The van der Waals surface area contributed by atoms with Gasteiger partial charge in [0.15, 0.2) is 5.67 Å². The Labute approximate surface area is 316 Å². The first kappa shape index (κ1) is 37.3. The van der Waals surface area contributed by atoms with E-state index in [-0.39, 0.29) is 25.9 Å². The van der Waals surface area contributed by atoms with Crippen LogP contribution >= 0.6 is 11.3 Å². The number of cyclic esters (lactones) is 1. The first-order valence-corrected chi connectivity index (χ1v) is 19.7. The van der Waals surface area contributed by atoms with Crippen LogP contribution in [0, 0.1) is 5.41 Å². The standard InChI is InChI=1S/C39H46FN6O5SSi/c1-6-45-30-13-12-23-18-25(30)26(32(45)24-10-7-16-41-33(24)38(4,53)50-5)20-37(2,3)22-51-35(48)27-11-8-17-46(44-27)34(47)28(19-31-42-29(23)21-52-31)43-36(49)39(40)14-9-15-39/h7,10,12-13,16,18,21,27-28,44H,6,8-9,11,14-15,17,19-20,22H2,1-5H3,(H,43,49)/t27-,28-,38+/m0/s1. The molecule has 1 saturated carbocycles. The van der Waals surface area contributed by atoms with Crippen LogP contribution in [0.3, 0.4) is 0 Å². The monoisotopic (exact) mass is 757 g/mol. The summed E-state index contributed by atoms with van der Waals surface area (Å²) >= 11 is 1.39. The molecule has 7 rings (SSSR count). The molecule has 2 fully saturated rings. The molecule has 6 bridgehead atoms. The van der Waals surface area contributed by atoms with E-state index in [9.17, 15) is 14.4 Å². The van der Waals surface area contributed by atoms with Crippen molar-refractivity contribution in [2.45, 2.75) is 102 Å². The van der Waals surface area contributed by atoms with Crippen molar-refractivity contribution in [2.75, 3.05) is 20.3 Å². The second-order valence-electron chi connectivity index (χ2n) is 15.4. The van der Waals surface area contributed by atoms with E-state index in [4.69, 9.17) is 19.4 Å². The van der Waals surface area contributed by atoms with Gasteiger partial charge in [-0.05, 0) is 82.2 Å². The molecule has 2 amide bonds. The SMILES string of the molecule is CCn1c(-c2cccnc2[C@@](C)([Si])OC)c2c3cc(ccc31)-c1csc(n1)C[C@H](NC(=O)C1(F)CCC1)C(=O)N1CCC[C@H](N1)C(=O)OCC(C)(C)C2. The Hall–Kier alpha value is -3.98. The van der Waals surface area contributed by atoms with Gasteiger partial charge in [0.05, 0.1) is 44.2 Å². The summed E-state index contributed by atoms with van der Waals surface area (Å²) in [6.45, 7) is 9.36. The summed E-state index contributed by atoms with van der Waals surface area (Å²) in [5, 5.41) is 6.84. The third kappa shape index (κ3) is 7.18. The lowest BCUT2D eigenvalue weighted by atomic mass is 9.81. The first-order valence-electron chi connectivity index (χ1n) is 18.3. The Kier molecular flexibility index (Phi) is 10.1. The van der Waals surface area contributed by atoms with Gasteiger partial charge in [-0.1, -0.05) is 19.9 Å². The Morgan fingerprint density at radius 1 is 1.25 bits per heavy atom. The van der Waals surface area contributed by atoms with Crippen molar-refractivity contribution < 1.29 is 28.2 Å². The number of alkyl halides is 1. The molecule has 5 heterocycles. The van der Waals surface area contributed by atoms with Crippen molar-refractivity contribution >= 4 is 50.3 Å². The number of aromatic nitrogens is 3. The number of rotatable bonds is 6. The smallest absolute Gasteiger partial charge is 0.324 e. The third-order valence-electron chi connectivity index (χ3n) is 10.8. The lowest BCUT2D eigenvalue weighted by Crippen LogP contribution is -2.62. The van der Waals surface area contributed by atoms with E-state index in [1.165, 1.54) is 16.3 Å². The van der Waals surface area contributed by atoms with Crippen LogP contribution < -0.4 is 10.7 Å². The van der Waals surface area contributed by atoms with Crippen LogP contribution in [0.2, 0.25) is 0 Å². The molecule has 3 radical (unpaired) electrons. The fourth-order valence-electron chi connectivity index (χ4n) is 7.59. The number of hydrogen-bond donors (Lipinski definition) is 2. The minimum atomic E-state index is -1.98. The van der Waals surface area contributed by atoms with Gasteiger partial charge in [0.25, 0.3) is 11.8 Å². The van der Waals surface area contributed by atoms with Crippen LogP contribution in [0.15, 0.2) is 41.9 Å². The van der Waals surface area contributed by atoms with E-state index in [0.29, 0.717) is 43.8 Å². The van der Waals surface area contributed by atoms with Crippen molar-refractivity contribution in [2.24, 2.45) is 5.41 Å². The summed E-state index contributed by atoms with van der Waals surface area (Å²) < 4.78 is 29.4. The average molecular weight is 758 g/mol. The molecule has 1 aliphatic carbocycles. The van der Waals surface area contributed by atoms with E-state index < -0.39 is 46.2 Å². The summed E-state index contributed by atoms with van der Waals surface area (Å²) in [5.41, 5.74) is 7.00. The number of carbonyl (C=O) groups excluding carboxylic acids is 3. The Bertz CT molecular complexity index is 2060. The van der Waals surface area contributed by atoms with Crippen LogP contribution in [-0.4, -0.2) is 85.6 Å². The van der Waals surface area contributed by atoms with Gasteiger partial charge in [-0.3, -0.25) is 24.4 Å². The number of ether oxygens (including phenoxy) is 2. The molecule has 279 valence electrons. The molecule has 2 N–H and O–H groups in total. The van der Waals surface area contributed by atoms with Crippen molar-refractivity contribution in [3.05, 3.63) is 58.2 Å². The third-order valence-corrected chi connectivity index (χ3v) is 12.1. The maximum Gasteiger partial charge on any atom is 0.324 e. The normalized spacial score (nSPS) is 22.7.